The van der Waals surface area contributed by atoms with Gasteiger partial charge < -0.3 is 21.3 Å². The molecule has 0 heterocycles. The number of aliphatic hydroxyl groups is 2. The minimum atomic E-state index is -0.547. The maximum absolute atomic E-state index is 8.83. The zero-order valence-corrected chi connectivity index (χ0v) is 6.30. The highest BCUT2D eigenvalue weighted by Gasteiger charge is 2.25. The lowest BCUT2D eigenvalue weighted by Gasteiger charge is -2.27. The number of hydrogen-bond acceptors (Lipinski definition) is 4. The molecule has 62 valence electrons. The highest BCUT2D eigenvalue weighted by Crippen LogP contribution is 2.10. The Labute approximate surface area is 61.0 Å². The van der Waals surface area contributed by atoms with Crippen LogP contribution in [0, 0.1) is 5.41 Å². The summed E-state index contributed by atoms with van der Waals surface area (Å²) >= 11 is 0. The number of rotatable bonds is 5. The summed E-state index contributed by atoms with van der Waals surface area (Å²) in [5.41, 5.74) is 4.81. The van der Waals surface area contributed by atoms with E-state index in [4.69, 9.17) is 15.9 Å². The highest BCUT2D eigenvalue weighted by atomic mass is 16.3. The van der Waals surface area contributed by atoms with Gasteiger partial charge in [0.1, 0.15) is 0 Å². The van der Waals surface area contributed by atoms with E-state index in [1.807, 2.05) is 0 Å². The Balaban J connectivity index is 3.87. The lowest BCUT2D eigenvalue weighted by Crippen LogP contribution is -2.45. The Morgan fingerprint density at radius 2 is 1.90 bits per heavy atom. The van der Waals surface area contributed by atoms with Crippen molar-refractivity contribution in [3.05, 3.63) is 0 Å². The van der Waals surface area contributed by atoms with Gasteiger partial charge in [-0.05, 0) is 7.05 Å². The zero-order valence-electron chi connectivity index (χ0n) is 6.30. The van der Waals surface area contributed by atoms with Crippen molar-refractivity contribution in [3.63, 3.8) is 0 Å². The zero-order chi connectivity index (χ0) is 8.04. The van der Waals surface area contributed by atoms with Crippen LogP contribution in [0.1, 0.15) is 0 Å². The molecule has 4 heteroatoms. The Bertz CT molecular complexity index is 75.6. The van der Waals surface area contributed by atoms with Gasteiger partial charge in [0.2, 0.25) is 0 Å². The summed E-state index contributed by atoms with van der Waals surface area (Å²) in [4.78, 5) is 0. The van der Waals surface area contributed by atoms with E-state index in [1.54, 1.807) is 7.05 Å². The van der Waals surface area contributed by atoms with Crippen LogP contribution in [0.4, 0.5) is 0 Å². The predicted molar refractivity (Wildman–Crippen MR) is 39.6 cm³/mol. The molecule has 0 aliphatic heterocycles. The molecule has 0 atom stereocenters. The van der Waals surface area contributed by atoms with Gasteiger partial charge in [-0.15, -0.1) is 0 Å². The summed E-state index contributed by atoms with van der Waals surface area (Å²) in [5, 5.41) is 20.5. The largest absolute Gasteiger partial charge is 0.396 e. The van der Waals surface area contributed by atoms with Crippen LogP contribution in [0.3, 0.4) is 0 Å². The second kappa shape index (κ2) is 4.62. The van der Waals surface area contributed by atoms with E-state index in [0.717, 1.165) is 0 Å². The quantitative estimate of drug-likeness (QED) is 0.368. The third kappa shape index (κ3) is 2.22. The maximum atomic E-state index is 8.83. The van der Waals surface area contributed by atoms with Gasteiger partial charge >= 0.3 is 0 Å². The topological polar surface area (TPSA) is 78.5 Å². The van der Waals surface area contributed by atoms with Gasteiger partial charge in [-0.25, -0.2) is 0 Å². The van der Waals surface area contributed by atoms with Gasteiger partial charge in [0.15, 0.2) is 0 Å². The summed E-state index contributed by atoms with van der Waals surface area (Å²) in [5.74, 6) is 0. The molecular formula is C6H16N2O2. The molecule has 0 saturated carbocycles. The fourth-order valence-electron chi connectivity index (χ4n) is 0.738. The van der Waals surface area contributed by atoms with Gasteiger partial charge in [0.05, 0.1) is 13.2 Å². The van der Waals surface area contributed by atoms with E-state index in [9.17, 15) is 0 Å². The van der Waals surface area contributed by atoms with E-state index in [2.05, 4.69) is 5.32 Å². The molecule has 5 N–H and O–H groups in total. The fourth-order valence-corrected chi connectivity index (χ4v) is 0.738. The van der Waals surface area contributed by atoms with E-state index in [0.29, 0.717) is 13.1 Å². The molecule has 0 aromatic carbocycles. The monoisotopic (exact) mass is 148 g/mol. The lowest BCUT2D eigenvalue weighted by atomic mass is 9.90. The molecule has 0 spiro atoms. The summed E-state index contributed by atoms with van der Waals surface area (Å²) in [7, 11) is 1.76. The maximum Gasteiger partial charge on any atom is 0.0533 e. The smallest absolute Gasteiger partial charge is 0.0533 e. The molecule has 4 nitrogen and oxygen atoms in total. The molecule has 0 radical (unpaired) electrons. The molecule has 0 aromatic rings. The van der Waals surface area contributed by atoms with Crippen LogP contribution in [-0.2, 0) is 0 Å². The minimum Gasteiger partial charge on any atom is -0.396 e. The number of aliphatic hydroxyl groups excluding tert-OH is 2. The van der Waals surface area contributed by atoms with Crippen LogP contribution in [0.2, 0.25) is 0 Å². The summed E-state index contributed by atoms with van der Waals surface area (Å²) < 4.78 is 0. The molecule has 0 fully saturated rings. The molecule has 0 aromatic heterocycles. The number of nitrogens with two attached hydrogens (primary N) is 1. The van der Waals surface area contributed by atoms with Crippen LogP contribution in [-0.4, -0.2) is 43.6 Å². The highest BCUT2D eigenvalue weighted by molar-refractivity contribution is 4.80. The molecular weight excluding hydrogens is 132 g/mol. The van der Waals surface area contributed by atoms with Crippen molar-refractivity contribution in [2.75, 3.05) is 33.4 Å². The van der Waals surface area contributed by atoms with Crippen molar-refractivity contribution in [1.82, 2.24) is 5.32 Å². The third-order valence-corrected chi connectivity index (χ3v) is 1.66. The molecule has 10 heavy (non-hydrogen) atoms. The first-order chi connectivity index (χ1) is 4.74. The second-order valence-corrected chi connectivity index (χ2v) is 2.55. The summed E-state index contributed by atoms with van der Waals surface area (Å²) in [6.45, 7) is 0.666. The van der Waals surface area contributed by atoms with Crippen molar-refractivity contribution >= 4 is 0 Å². The van der Waals surface area contributed by atoms with Crippen LogP contribution in [0.15, 0.2) is 0 Å². The van der Waals surface area contributed by atoms with Crippen LogP contribution >= 0.6 is 0 Å². The standard InChI is InChI=1S/C6H16N2O2/c1-8-3-6(2-7,4-9)5-10/h8-10H,2-5,7H2,1H3. The first kappa shape index (κ1) is 9.84. The molecule has 0 aliphatic carbocycles. The van der Waals surface area contributed by atoms with E-state index < -0.39 is 5.41 Å². The Morgan fingerprint density at radius 1 is 1.40 bits per heavy atom. The van der Waals surface area contributed by atoms with E-state index in [-0.39, 0.29) is 13.2 Å². The first-order valence-corrected chi connectivity index (χ1v) is 3.31. The van der Waals surface area contributed by atoms with Gasteiger partial charge in [0, 0.05) is 18.5 Å². The summed E-state index contributed by atoms with van der Waals surface area (Å²) in [6, 6.07) is 0. The second-order valence-electron chi connectivity index (χ2n) is 2.55. The first-order valence-electron chi connectivity index (χ1n) is 3.31. The van der Waals surface area contributed by atoms with Gasteiger partial charge in [-0.3, -0.25) is 0 Å². The van der Waals surface area contributed by atoms with Crippen molar-refractivity contribution in [2.24, 2.45) is 11.1 Å². The predicted octanol–water partition coefficient (Wildman–Crippen LogP) is -1.86. The van der Waals surface area contributed by atoms with Gasteiger partial charge in [-0.2, -0.15) is 0 Å². The normalized spacial score (nSPS) is 12.0. The van der Waals surface area contributed by atoms with Crippen LogP contribution in [0.25, 0.3) is 0 Å². The molecule has 0 bridgehead atoms. The SMILES string of the molecule is CNCC(CN)(CO)CO. The molecule has 0 saturated heterocycles. The van der Waals surface area contributed by atoms with Crippen LogP contribution < -0.4 is 11.1 Å². The van der Waals surface area contributed by atoms with Gasteiger partial charge in [0.25, 0.3) is 0 Å². The van der Waals surface area contributed by atoms with Crippen molar-refractivity contribution < 1.29 is 10.2 Å². The Hall–Kier alpha value is -0.160. The summed E-state index contributed by atoms with van der Waals surface area (Å²) in [6.07, 6.45) is 0. The van der Waals surface area contributed by atoms with Crippen molar-refractivity contribution in [2.45, 2.75) is 0 Å². The van der Waals surface area contributed by atoms with E-state index in [1.165, 1.54) is 0 Å². The number of nitrogens with one attached hydrogen (secondary N) is 1. The van der Waals surface area contributed by atoms with Crippen molar-refractivity contribution in [1.29, 1.82) is 0 Å². The lowest BCUT2D eigenvalue weighted by molar-refractivity contribution is 0.0631. The average Bonchev–Trinajstić information content (AvgIpc) is 2.01. The molecule has 0 unspecified atom stereocenters. The number of hydrogen-bond donors (Lipinski definition) is 4. The van der Waals surface area contributed by atoms with Crippen molar-refractivity contribution in [3.8, 4) is 0 Å². The Kier molecular flexibility index (Phi) is 4.55. The average molecular weight is 148 g/mol. The van der Waals surface area contributed by atoms with E-state index >= 15 is 0 Å². The van der Waals surface area contributed by atoms with Crippen LogP contribution in [0.5, 0.6) is 0 Å². The molecule has 0 amide bonds. The molecule has 0 rings (SSSR count). The third-order valence-electron chi connectivity index (χ3n) is 1.66. The molecule has 0 aliphatic rings. The fraction of sp³-hybridized carbons (Fsp3) is 1.00. The Morgan fingerprint density at radius 3 is 2.00 bits per heavy atom. The van der Waals surface area contributed by atoms with Gasteiger partial charge in [-0.1, -0.05) is 0 Å². The minimum absolute atomic E-state index is 0.0825.